The number of amidine groups is 1. The van der Waals surface area contributed by atoms with Crippen LogP contribution in [-0.4, -0.2) is 11.4 Å². The lowest BCUT2D eigenvalue weighted by molar-refractivity contribution is 0.574. The number of hydrogen-bond acceptors (Lipinski definition) is 1. The van der Waals surface area contributed by atoms with Crippen LogP contribution in [-0.2, 0) is 0 Å². The van der Waals surface area contributed by atoms with Crippen molar-refractivity contribution in [2.45, 2.75) is 46.6 Å². The van der Waals surface area contributed by atoms with Gasteiger partial charge in [-0.25, -0.2) is 0 Å². The van der Waals surface area contributed by atoms with Gasteiger partial charge in [-0.05, 0) is 26.7 Å². The monoisotopic (exact) mass is 156 g/mol. The van der Waals surface area contributed by atoms with Crippen LogP contribution in [0.5, 0.6) is 0 Å². The van der Waals surface area contributed by atoms with E-state index in [4.69, 9.17) is 5.73 Å². The maximum absolute atomic E-state index is 5.71. The standard InChI is InChI=1S/C9H20N2/c1-7(2)6-8(10)11-9(3,4)5/h7H,6H2,1-5H3,(H2,10,11). The zero-order valence-electron chi connectivity index (χ0n) is 8.31. The van der Waals surface area contributed by atoms with Crippen LogP contribution >= 0.6 is 0 Å². The van der Waals surface area contributed by atoms with Crippen molar-refractivity contribution in [1.82, 2.24) is 0 Å². The molecule has 2 N–H and O–H groups in total. The fraction of sp³-hybridized carbons (Fsp3) is 0.889. The zero-order valence-corrected chi connectivity index (χ0v) is 8.31. The molecule has 2 heteroatoms. The number of nitrogens with zero attached hydrogens (tertiary/aromatic N) is 1. The first-order chi connectivity index (χ1) is 4.81. The lowest BCUT2D eigenvalue weighted by Crippen LogP contribution is -2.21. The van der Waals surface area contributed by atoms with E-state index >= 15 is 0 Å². The van der Waals surface area contributed by atoms with Gasteiger partial charge in [-0.3, -0.25) is 4.99 Å². The molecule has 0 aliphatic heterocycles. The minimum absolute atomic E-state index is 0.0288. The summed E-state index contributed by atoms with van der Waals surface area (Å²) in [5.74, 6) is 1.37. The highest BCUT2D eigenvalue weighted by molar-refractivity contribution is 5.80. The Hall–Kier alpha value is -0.530. The van der Waals surface area contributed by atoms with Gasteiger partial charge < -0.3 is 5.73 Å². The molecule has 0 fully saturated rings. The Kier molecular flexibility index (Phi) is 3.56. The van der Waals surface area contributed by atoms with Gasteiger partial charge in [-0.2, -0.15) is 0 Å². The molecular weight excluding hydrogens is 136 g/mol. The lowest BCUT2D eigenvalue weighted by Gasteiger charge is -2.14. The average molecular weight is 156 g/mol. The van der Waals surface area contributed by atoms with Crippen molar-refractivity contribution in [1.29, 1.82) is 0 Å². The second-order valence-corrected chi connectivity index (χ2v) is 4.37. The number of hydrogen-bond donors (Lipinski definition) is 1. The molecule has 0 aliphatic carbocycles. The minimum Gasteiger partial charge on any atom is -0.387 e. The van der Waals surface area contributed by atoms with Gasteiger partial charge in [0.05, 0.1) is 11.4 Å². The van der Waals surface area contributed by atoms with E-state index in [1.54, 1.807) is 0 Å². The Labute approximate surface area is 69.9 Å². The largest absolute Gasteiger partial charge is 0.387 e. The average Bonchev–Trinajstić information content (AvgIpc) is 1.53. The topological polar surface area (TPSA) is 38.4 Å². The Morgan fingerprint density at radius 1 is 1.36 bits per heavy atom. The molecular formula is C9H20N2. The van der Waals surface area contributed by atoms with Gasteiger partial charge >= 0.3 is 0 Å². The number of rotatable bonds is 2. The third-order valence-electron chi connectivity index (χ3n) is 1.10. The minimum atomic E-state index is -0.0288. The van der Waals surface area contributed by atoms with Crippen molar-refractivity contribution in [3.63, 3.8) is 0 Å². The smallest absolute Gasteiger partial charge is 0.0946 e. The number of nitrogens with two attached hydrogens (primary N) is 1. The third kappa shape index (κ3) is 7.37. The first-order valence-corrected chi connectivity index (χ1v) is 4.15. The normalized spacial score (nSPS) is 14.2. The van der Waals surface area contributed by atoms with Crippen LogP contribution < -0.4 is 5.73 Å². The molecule has 0 amide bonds. The molecule has 0 aromatic carbocycles. The van der Waals surface area contributed by atoms with E-state index < -0.39 is 0 Å². The Morgan fingerprint density at radius 2 is 1.82 bits per heavy atom. The molecule has 0 radical (unpaired) electrons. The van der Waals surface area contributed by atoms with Gasteiger partial charge in [0.2, 0.25) is 0 Å². The quantitative estimate of drug-likeness (QED) is 0.483. The SMILES string of the molecule is CC(C)CC(N)=NC(C)(C)C. The van der Waals surface area contributed by atoms with E-state index in [1.165, 1.54) is 0 Å². The molecule has 0 atom stereocenters. The molecule has 0 aromatic heterocycles. The van der Waals surface area contributed by atoms with E-state index in [9.17, 15) is 0 Å². The molecule has 0 saturated heterocycles. The molecule has 0 unspecified atom stereocenters. The van der Waals surface area contributed by atoms with Crippen molar-refractivity contribution in [2.24, 2.45) is 16.6 Å². The fourth-order valence-corrected chi connectivity index (χ4v) is 0.895. The number of aliphatic imine (C=N–C) groups is 1. The van der Waals surface area contributed by atoms with E-state index in [0.29, 0.717) is 5.92 Å². The molecule has 0 heterocycles. The predicted molar refractivity (Wildman–Crippen MR) is 50.8 cm³/mol. The van der Waals surface area contributed by atoms with Gasteiger partial charge in [-0.15, -0.1) is 0 Å². The van der Waals surface area contributed by atoms with E-state index in [0.717, 1.165) is 12.3 Å². The molecule has 0 bridgehead atoms. The predicted octanol–water partition coefficient (Wildman–Crippen LogP) is 2.19. The lowest BCUT2D eigenvalue weighted by atomic mass is 10.1. The van der Waals surface area contributed by atoms with Crippen molar-refractivity contribution < 1.29 is 0 Å². The maximum atomic E-state index is 5.71. The first kappa shape index (κ1) is 10.5. The van der Waals surface area contributed by atoms with Crippen LogP contribution in [0.2, 0.25) is 0 Å². The summed E-state index contributed by atoms with van der Waals surface area (Å²) in [6, 6.07) is 0. The van der Waals surface area contributed by atoms with E-state index in [-0.39, 0.29) is 5.54 Å². The molecule has 0 spiro atoms. The Balaban J connectivity index is 4.01. The highest BCUT2D eigenvalue weighted by Gasteiger charge is 2.08. The van der Waals surface area contributed by atoms with Crippen molar-refractivity contribution in [3.05, 3.63) is 0 Å². The van der Waals surface area contributed by atoms with Crippen LogP contribution in [0.25, 0.3) is 0 Å². The van der Waals surface area contributed by atoms with Crippen LogP contribution in [0.15, 0.2) is 4.99 Å². The highest BCUT2D eigenvalue weighted by Crippen LogP contribution is 2.08. The van der Waals surface area contributed by atoms with Gasteiger partial charge in [0.15, 0.2) is 0 Å². The zero-order chi connectivity index (χ0) is 9.07. The molecule has 0 aliphatic rings. The molecule has 66 valence electrons. The summed E-state index contributed by atoms with van der Waals surface area (Å²) in [5.41, 5.74) is 5.68. The first-order valence-electron chi connectivity index (χ1n) is 4.15. The summed E-state index contributed by atoms with van der Waals surface area (Å²) >= 11 is 0. The third-order valence-corrected chi connectivity index (χ3v) is 1.10. The van der Waals surface area contributed by atoms with Crippen molar-refractivity contribution >= 4 is 5.84 Å². The molecule has 0 aromatic rings. The summed E-state index contributed by atoms with van der Waals surface area (Å²) in [4.78, 5) is 4.34. The van der Waals surface area contributed by atoms with Crippen LogP contribution in [0.1, 0.15) is 41.0 Å². The summed E-state index contributed by atoms with van der Waals surface area (Å²) in [6.07, 6.45) is 0.900. The molecule has 11 heavy (non-hydrogen) atoms. The van der Waals surface area contributed by atoms with Crippen LogP contribution in [0.4, 0.5) is 0 Å². The second-order valence-electron chi connectivity index (χ2n) is 4.37. The highest BCUT2D eigenvalue weighted by atomic mass is 14.9. The van der Waals surface area contributed by atoms with Gasteiger partial charge in [0.25, 0.3) is 0 Å². The van der Waals surface area contributed by atoms with Crippen molar-refractivity contribution in [3.8, 4) is 0 Å². The summed E-state index contributed by atoms with van der Waals surface area (Å²) < 4.78 is 0. The van der Waals surface area contributed by atoms with E-state index in [2.05, 4.69) is 39.6 Å². The fourth-order valence-electron chi connectivity index (χ4n) is 0.895. The van der Waals surface area contributed by atoms with E-state index in [1.807, 2.05) is 0 Å². The summed E-state index contributed by atoms with van der Waals surface area (Å²) in [7, 11) is 0. The molecule has 0 rings (SSSR count). The summed E-state index contributed by atoms with van der Waals surface area (Å²) in [6.45, 7) is 10.5. The molecule has 2 nitrogen and oxygen atoms in total. The Bertz CT molecular complexity index is 140. The van der Waals surface area contributed by atoms with Gasteiger partial charge in [0.1, 0.15) is 0 Å². The van der Waals surface area contributed by atoms with Crippen molar-refractivity contribution in [2.75, 3.05) is 0 Å². The van der Waals surface area contributed by atoms with Gasteiger partial charge in [0, 0.05) is 6.42 Å². The Morgan fingerprint density at radius 3 is 2.09 bits per heavy atom. The summed E-state index contributed by atoms with van der Waals surface area (Å²) in [5, 5.41) is 0. The second kappa shape index (κ2) is 3.74. The van der Waals surface area contributed by atoms with Crippen LogP contribution in [0.3, 0.4) is 0 Å². The van der Waals surface area contributed by atoms with Gasteiger partial charge in [-0.1, -0.05) is 13.8 Å². The van der Waals surface area contributed by atoms with Crippen LogP contribution in [0, 0.1) is 5.92 Å². The maximum Gasteiger partial charge on any atom is 0.0946 e. The molecule has 0 saturated carbocycles.